The maximum atomic E-state index is 13.1. The molecule has 2 heterocycles. The third kappa shape index (κ3) is 5.65. The van der Waals surface area contributed by atoms with E-state index in [1.165, 1.54) is 6.20 Å². The van der Waals surface area contributed by atoms with Crippen molar-refractivity contribution in [3.63, 3.8) is 0 Å². The summed E-state index contributed by atoms with van der Waals surface area (Å²) in [6.45, 7) is 2.91. The van der Waals surface area contributed by atoms with Gasteiger partial charge in [-0.05, 0) is 43.4 Å². The van der Waals surface area contributed by atoms with Crippen LogP contribution in [0.25, 0.3) is 0 Å². The molecular weight excluding hydrogens is 380 g/mol. The zero-order chi connectivity index (χ0) is 21.3. The van der Waals surface area contributed by atoms with Gasteiger partial charge in [-0.1, -0.05) is 30.3 Å². The Morgan fingerprint density at radius 3 is 2.73 bits per heavy atom. The van der Waals surface area contributed by atoms with Gasteiger partial charge in [0.2, 0.25) is 11.8 Å². The van der Waals surface area contributed by atoms with Crippen molar-refractivity contribution in [2.75, 3.05) is 19.6 Å². The third-order valence-electron chi connectivity index (χ3n) is 5.34. The van der Waals surface area contributed by atoms with Gasteiger partial charge in [-0.3, -0.25) is 19.4 Å². The van der Waals surface area contributed by atoms with E-state index in [4.69, 9.17) is 0 Å². The number of nitrogens with one attached hydrogen (secondary N) is 2. The fourth-order valence-corrected chi connectivity index (χ4v) is 3.65. The van der Waals surface area contributed by atoms with Crippen molar-refractivity contribution in [1.29, 1.82) is 0 Å². The van der Waals surface area contributed by atoms with E-state index in [2.05, 4.69) is 15.6 Å². The lowest BCUT2D eigenvalue weighted by Crippen LogP contribution is -2.44. The van der Waals surface area contributed by atoms with Crippen LogP contribution in [0.2, 0.25) is 0 Å². The second kappa shape index (κ2) is 10.5. The summed E-state index contributed by atoms with van der Waals surface area (Å²) in [7, 11) is 0. The van der Waals surface area contributed by atoms with Gasteiger partial charge in [0.25, 0.3) is 5.91 Å². The smallest absolute Gasteiger partial charge is 0.253 e. The minimum atomic E-state index is -0.367. The van der Waals surface area contributed by atoms with Crippen LogP contribution in [-0.4, -0.2) is 47.2 Å². The SMILES string of the molecule is Cc1ccncc1C(=O)NCC(=O)N1CCCCCNC(=O)C[C@H]1c1ccccc1. The Morgan fingerprint density at radius 2 is 1.97 bits per heavy atom. The Labute approximate surface area is 176 Å². The molecule has 0 saturated carbocycles. The van der Waals surface area contributed by atoms with Crippen LogP contribution in [0.1, 0.15) is 53.2 Å². The highest BCUT2D eigenvalue weighted by molar-refractivity contribution is 5.97. The summed E-state index contributed by atoms with van der Waals surface area (Å²) >= 11 is 0. The van der Waals surface area contributed by atoms with Crippen LogP contribution in [0.3, 0.4) is 0 Å². The summed E-state index contributed by atoms with van der Waals surface area (Å²) in [6.07, 6.45) is 5.98. The number of aryl methyl sites for hydroxylation is 1. The molecule has 158 valence electrons. The number of amides is 3. The molecule has 30 heavy (non-hydrogen) atoms. The van der Waals surface area contributed by atoms with Crippen molar-refractivity contribution in [2.45, 2.75) is 38.6 Å². The molecule has 0 bridgehead atoms. The van der Waals surface area contributed by atoms with Crippen molar-refractivity contribution >= 4 is 17.7 Å². The number of aromatic nitrogens is 1. The van der Waals surface area contributed by atoms with E-state index >= 15 is 0 Å². The zero-order valence-corrected chi connectivity index (χ0v) is 17.3. The van der Waals surface area contributed by atoms with E-state index in [1.807, 2.05) is 37.3 Å². The summed E-state index contributed by atoms with van der Waals surface area (Å²) in [5.74, 6) is -0.602. The molecule has 0 spiro atoms. The van der Waals surface area contributed by atoms with Gasteiger partial charge in [0.1, 0.15) is 0 Å². The minimum absolute atomic E-state index is 0.0708. The van der Waals surface area contributed by atoms with E-state index in [-0.39, 0.29) is 36.7 Å². The van der Waals surface area contributed by atoms with E-state index in [1.54, 1.807) is 17.2 Å². The molecule has 2 aromatic rings. The van der Waals surface area contributed by atoms with Crippen LogP contribution in [0.5, 0.6) is 0 Å². The molecule has 1 atom stereocenters. The number of benzene rings is 1. The Balaban J connectivity index is 1.76. The third-order valence-corrected chi connectivity index (χ3v) is 5.34. The number of carbonyl (C=O) groups excluding carboxylic acids is 3. The molecule has 1 aromatic carbocycles. The lowest BCUT2D eigenvalue weighted by Gasteiger charge is -2.33. The van der Waals surface area contributed by atoms with Gasteiger partial charge in [-0.2, -0.15) is 0 Å². The van der Waals surface area contributed by atoms with Crippen LogP contribution in [0, 0.1) is 6.92 Å². The molecule has 1 saturated heterocycles. The normalized spacial score (nSPS) is 17.7. The first-order valence-corrected chi connectivity index (χ1v) is 10.4. The number of pyridine rings is 1. The molecule has 2 N–H and O–H groups in total. The fourth-order valence-electron chi connectivity index (χ4n) is 3.65. The molecule has 3 amide bonds. The first-order valence-electron chi connectivity index (χ1n) is 10.4. The van der Waals surface area contributed by atoms with Crippen LogP contribution in [0.4, 0.5) is 0 Å². The Hall–Kier alpha value is -3.22. The highest BCUT2D eigenvalue weighted by Crippen LogP contribution is 2.26. The van der Waals surface area contributed by atoms with E-state index in [9.17, 15) is 14.4 Å². The van der Waals surface area contributed by atoms with Crippen molar-refractivity contribution in [3.05, 3.63) is 65.5 Å². The van der Waals surface area contributed by atoms with Gasteiger partial charge in [-0.15, -0.1) is 0 Å². The maximum absolute atomic E-state index is 13.1. The average molecular weight is 409 g/mol. The second-order valence-corrected chi connectivity index (χ2v) is 7.50. The lowest BCUT2D eigenvalue weighted by molar-refractivity contribution is -0.134. The predicted octanol–water partition coefficient (Wildman–Crippen LogP) is 2.38. The second-order valence-electron chi connectivity index (χ2n) is 7.50. The van der Waals surface area contributed by atoms with Gasteiger partial charge in [0, 0.05) is 25.5 Å². The van der Waals surface area contributed by atoms with Gasteiger partial charge in [0.05, 0.1) is 24.6 Å². The standard InChI is InChI=1S/C23H28N4O3/c1-17-10-12-24-15-19(17)23(30)26-16-22(29)27-13-7-3-6-11-25-21(28)14-20(27)18-8-4-2-5-9-18/h2,4-5,8-10,12,15,20H,3,6-7,11,13-14,16H2,1H3,(H,25,28)(H,26,30)/t20-/m0/s1. The quantitative estimate of drug-likeness (QED) is 0.813. The number of nitrogens with zero attached hydrogens (tertiary/aromatic N) is 2. The minimum Gasteiger partial charge on any atom is -0.356 e. The fraction of sp³-hybridized carbons (Fsp3) is 0.391. The van der Waals surface area contributed by atoms with Crippen molar-refractivity contribution in [3.8, 4) is 0 Å². The van der Waals surface area contributed by atoms with Crippen molar-refractivity contribution in [1.82, 2.24) is 20.5 Å². The van der Waals surface area contributed by atoms with Crippen LogP contribution in [-0.2, 0) is 9.59 Å². The Kier molecular flexibility index (Phi) is 7.54. The van der Waals surface area contributed by atoms with Gasteiger partial charge in [-0.25, -0.2) is 0 Å². The lowest BCUT2D eigenvalue weighted by atomic mass is 10.00. The van der Waals surface area contributed by atoms with Crippen molar-refractivity contribution < 1.29 is 14.4 Å². The molecule has 1 aliphatic heterocycles. The maximum Gasteiger partial charge on any atom is 0.253 e. The van der Waals surface area contributed by atoms with Gasteiger partial charge < -0.3 is 15.5 Å². The largest absolute Gasteiger partial charge is 0.356 e. The van der Waals surface area contributed by atoms with E-state index < -0.39 is 0 Å². The van der Waals surface area contributed by atoms with Gasteiger partial charge >= 0.3 is 0 Å². The number of hydrogen-bond donors (Lipinski definition) is 2. The molecule has 0 unspecified atom stereocenters. The first-order chi connectivity index (χ1) is 14.6. The highest BCUT2D eigenvalue weighted by Gasteiger charge is 2.28. The molecule has 7 heteroatoms. The highest BCUT2D eigenvalue weighted by atomic mass is 16.2. The summed E-state index contributed by atoms with van der Waals surface area (Å²) in [6, 6.07) is 11.0. The molecule has 1 aliphatic rings. The molecule has 7 nitrogen and oxygen atoms in total. The molecular formula is C23H28N4O3. The monoisotopic (exact) mass is 408 g/mol. The summed E-state index contributed by atoms with van der Waals surface area (Å²) in [4.78, 5) is 43.8. The van der Waals surface area contributed by atoms with Crippen LogP contribution in [0.15, 0.2) is 48.8 Å². The average Bonchev–Trinajstić information content (AvgIpc) is 2.76. The predicted molar refractivity (Wildman–Crippen MR) is 114 cm³/mol. The molecule has 1 fully saturated rings. The summed E-state index contributed by atoms with van der Waals surface area (Å²) < 4.78 is 0. The number of hydrogen-bond acceptors (Lipinski definition) is 4. The van der Waals surface area contributed by atoms with Crippen LogP contribution >= 0.6 is 0 Å². The van der Waals surface area contributed by atoms with E-state index in [0.717, 1.165) is 30.4 Å². The molecule has 1 aromatic heterocycles. The number of carbonyl (C=O) groups is 3. The summed E-state index contributed by atoms with van der Waals surface area (Å²) in [5.41, 5.74) is 2.16. The molecule has 3 rings (SSSR count). The summed E-state index contributed by atoms with van der Waals surface area (Å²) in [5, 5.41) is 5.65. The van der Waals surface area contributed by atoms with Gasteiger partial charge in [0.15, 0.2) is 0 Å². The number of rotatable bonds is 4. The van der Waals surface area contributed by atoms with E-state index in [0.29, 0.717) is 18.7 Å². The first kappa shape index (κ1) is 21.5. The Bertz CT molecular complexity index is 885. The molecule has 0 radical (unpaired) electrons. The Morgan fingerprint density at radius 1 is 1.17 bits per heavy atom. The van der Waals surface area contributed by atoms with Crippen LogP contribution < -0.4 is 10.6 Å². The topological polar surface area (TPSA) is 91.4 Å². The van der Waals surface area contributed by atoms with Crippen molar-refractivity contribution in [2.24, 2.45) is 0 Å². The molecule has 0 aliphatic carbocycles. The zero-order valence-electron chi connectivity index (χ0n) is 17.3.